The summed E-state index contributed by atoms with van der Waals surface area (Å²) in [4.78, 5) is 21.5. The van der Waals surface area contributed by atoms with E-state index in [0.717, 1.165) is 51.3 Å². The highest BCUT2D eigenvalue weighted by Crippen LogP contribution is 2.24. The first kappa shape index (κ1) is 17.0. The van der Waals surface area contributed by atoms with Gasteiger partial charge in [0, 0.05) is 45.4 Å². The molecule has 0 aliphatic carbocycles. The van der Waals surface area contributed by atoms with Crippen LogP contribution in [0.2, 0.25) is 0 Å². The van der Waals surface area contributed by atoms with Crippen LogP contribution in [0.4, 0.5) is 5.82 Å². The Morgan fingerprint density at radius 2 is 2.08 bits per heavy atom. The topological polar surface area (TPSA) is 45.7 Å². The highest BCUT2D eigenvalue weighted by atomic mass is 16.5. The fourth-order valence-corrected chi connectivity index (χ4v) is 3.49. The average molecular weight is 329 g/mol. The maximum Gasteiger partial charge on any atom is 0.226 e. The van der Waals surface area contributed by atoms with Gasteiger partial charge >= 0.3 is 0 Å². The van der Waals surface area contributed by atoms with Crippen molar-refractivity contribution in [2.75, 3.05) is 44.8 Å². The van der Waals surface area contributed by atoms with E-state index in [-0.39, 0.29) is 5.92 Å². The Hall–Kier alpha value is -1.88. The van der Waals surface area contributed by atoms with Gasteiger partial charge in [-0.2, -0.15) is 0 Å². The Balaban J connectivity index is 1.51. The van der Waals surface area contributed by atoms with Crippen molar-refractivity contribution in [2.24, 2.45) is 5.92 Å². The standard InChI is InChI=1S/C19H27N3O2/c1-15-3-4-18(20-13-15)21-11-7-17(8-12-21)19(23)22-9-5-16(6-10-22)14-24-2/h3-5,13,17H,6-12,14H2,1-2H3. The lowest BCUT2D eigenvalue weighted by atomic mass is 9.94. The number of anilines is 1. The summed E-state index contributed by atoms with van der Waals surface area (Å²) < 4.78 is 5.17. The summed E-state index contributed by atoms with van der Waals surface area (Å²) >= 11 is 0. The molecule has 0 atom stereocenters. The van der Waals surface area contributed by atoms with Crippen molar-refractivity contribution in [3.63, 3.8) is 0 Å². The van der Waals surface area contributed by atoms with Gasteiger partial charge < -0.3 is 14.5 Å². The second kappa shape index (κ2) is 7.79. The minimum atomic E-state index is 0.157. The molecule has 1 saturated heterocycles. The molecule has 5 nitrogen and oxygen atoms in total. The van der Waals surface area contributed by atoms with Crippen molar-refractivity contribution in [3.05, 3.63) is 35.5 Å². The highest BCUT2D eigenvalue weighted by Gasteiger charge is 2.29. The van der Waals surface area contributed by atoms with Crippen LogP contribution in [0.5, 0.6) is 0 Å². The molecule has 0 saturated carbocycles. The summed E-state index contributed by atoms with van der Waals surface area (Å²) in [5.41, 5.74) is 2.48. The van der Waals surface area contributed by atoms with Crippen molar-refractivity contribution < 1.29 is 9.53 Å². The van der Waals surface area contributed by atoms with E-state index in [9.17, 15) is 4.79 Å². The molecule has 3 heterocycles. The molecule has 0 spiro atoms. The molecule has 1 aromatic heterocycles. The van der Waals surface area contributed by atoms with E-state index in [0.29, 0.717) is 12.5 Å². The lowest BCUT2D eigenvalue weighted by molar-refractivity contribution is -0.135. The molecule has 0 unspecified atom stereocenters. The largest absolute Gasteiger partial charge is 0.380 e. The summed E-state index contributed by atoms with van der Waals surface area (Å²) in [6.45, 7) is 6.11. The number of piperidine rings is 1. The Morgan fingerprint density at radius 3 is 2.67 bits per heavy atom. The normalized spacial score (nSPS) is 19.3. The van der Waals surface area contributed by atoms with Gasteiger partial charge in [-0.3, -0.25) is 4.79 Å². The van der Waals surface area contributed by atoms with Crippen LogP contribution >= 0.6 is 0 Å². The third-order valence-electron chi connectivity index (χ3n) is 5.01. The molecule has 0 radical (unpaired) electrons. The van der Waals surface area contributed by atoms with Crippen molar-refractivity contribution in [2.45, 2.75) is 26.2 Å². The molecule has 0 N–H and O–H groups in total. The second-order valence-electron chi connectivity index (χ2n) is 6.78. The monoisotopic (exact) mass is 329 g/mol. The van der Waals surface area contributed by atoms with Crippen LogP contribution in [-0.4, -0.2) is 55.7 Å². The lowest BCUT2D eigenvalue weighted by Gasteiger charge is -2.35. The fourth-order valence-electron chi connectivity index (χ4n) is 3.49. The number of aryl methyl sites for hydroxylation is 1. The lowest BCUT2D eigenvalue weighted by Crippen LogP contribution is -2.44. The summed E-state index contributed by atoms with van der Waals surface area (Å²) in [5, 5.41) is 0. The predicted molar refractivity (Wildman–Crippen MR) is 95.1 cm³/mol. The number of nitrogens with zero attached hydrogens (tertiary/aromatic N) is 3. The van der Waals surface area contributed by atoms with Gasteiger partial charge in [0.15, 0.2) is 0 Å². The molecule has 1 aromatic rings. The van der Waals surface area contributed by atoms with E-state index < -0.39 is 0 Å². The number of hydrogen-bond donors (Lipinski definition) is 0. The van der Waals surface area contributed by atoms with E-state index in [2.05, 4.69) is 28.1 Å². The zero-order valence-electron chi connectivity index (χ0n) is 14.7. The Labute approximate surface area is 144 Å². The minimum Gasteiger partial charge on any atom is -0.380 e. The second-order valence-corrected chi connectivity index (χ2v) is 6.78. The molecule has 3 rings (SSSR count). The van der Waals surface area contributed by atoms with Gasteiger partial charge in [-0.1, -0.05) is 12.1 Å². The van der Waals surface area contributed by atoms with Gasteiger partial charge in [0.05, 0.1) is 6.61 Å². The van der Waals surface area contributed by atoms with Crippen molar-refractivity contribution in [3.8, 4) is 0 Å². The van der Waals surface area contributed by atoms with E-state index in [1.165, 1.54) is 11.1 Å². The molecule has 0 aromatic carbocycles. The van der Waals surface area contributed by atoms with Crippen LogP contribution in [0.25, 0.3) is 0 Å². The quantitative estimate of drug-likeness (QED) is 0.796. The van der Waals surface area contributed by atoms with Crippen molar-refractivity contribution >= 4 is 11.7 Å². The smallest absolute Gasteiger partial charge is 0.226 e. The van der Waals surface area contributed by atoms with Crippen LogP contribution in [0.3, 0.4) is 0 Å². The molecule has 0 bridgehead atoms. The van der Waals surface area contributed by atoms with E-state index in [4.69, 9.17) is 4.74 Å². The summed E-state index contributed by atoms with van der Waals surface area (Å²) in [7, 11) is 1.72. The summed E-state index contributed by atoms with van der Waals surface area (Å²) in [5.74, 6) is 1.50. The van der Waals surface area contributed by atoms with Crippen molar-refractivity contribution in [1.82, 2.24) is 9.88 Å². The number of aromatic nitrogens is 1. The molecule has 2 aliphatic heterocycles. The minimum absolute atomic E-state index is 0.157. The number of methoxy groups -OCH3 is 1. The van der Waals surface area contributed by atoms with Gasteiger partial charge in [0.2, 0.25) is 5.91 Å². The van der Waals surface area contributed by atoms with E-state index >= 15 is 0 Å². The van der Waals surface area contributed by atoms with Crippen LogP contribution in [0.15, 0.2) is 30.0 Å². The molecule has 1 fully saturated rings. The molecular formula is C19H27N3O2. The van der Waals surface area contributed by atoms with Gasteiger partial charge in [0.1, 0.15) is 5.82 Å². The third-order valence-corrected chi connectivity index (χ3v) is 5.01. The van der Waals surface area contributed by atoms with Gasteiger partial charge in [0.25, 0.3) is 0 Å². The van der Waals surface area contributed by atoms with Gasteiger partial charge in [-0.05, 0) is 43.4 Å². The zero-order valence-corrected chi connectivity index (χ0v) is 14.7. The van der Waals surface area contributed by atoms with E-state index in [1.54, 1.807) is 7.11 Å². The first-order chi connectivity index (χ1) is 11.7. The molecule has 24 heavy (non-hydrogen) atoms. The molecular weight excluding hydrogens is 302 g/mol. The SMILES string of the molecule is COCC1=CCN(C(=O)C2CCN(c3ccc(C)cn3)CC2)CC1. The average Bonchev–Trinajstić information content (AvgIpc) is 2.63. The molecule has 5 heteroatoms. The Bertz CT molecular complexity index is 589. The third kappa shape index (κ3) is 3.96. The number of rotatable bonds is 4. The predicted octanol–water partition coefficient (Wildman–Crippen LogP) is 2.41. The summed E-state index contributed by atoms with van der Waals surface area (Å²) in [6, 6.07) is 4.17. The number of hydrogen-bond acceptors (Lipinski definition) is 4. The van der Waals surface area contributed by atoms with Gasteiger partial charge in [-0.25, -0.2) is 4.98 Å². The highest BCUT2D eigenvalue weighted by molar-refractivity contribution is 5.79. The number of carbonyl (C=O) groups is 1. The Kier molecular flexibility index (Phi) is 5.51. The first-order valence-electron chi connectivity index (χ1n) is 8.80. The molecule has 2 aliphatic rings. The fraction of sp³-hybridized carbons (Fsp3) is 0.579. The number of carbonyl (C=O) groups excluding carboxylic acids is 1. The maximum absolute atomic E-state index is 12.7. The Morgan fingerprint density at radius 1 is 1.29 bits per heavy atom. The van der Waals surface area contributed by atoms with Crippen LogP contribution in [0, 0.1) is 12.8 Å². The van der Waals surface area contributed by atoms with Crippen LogP contribution in [-0.2, 0) is 9.53 Å². The zero-order chi connectivity index (χ0) is 16.9. The first-order valence-corrected chi connectivity index (χ1v) is 8.80. The number of amides is 1. The van der Waals surface area contributed by atoms with Crippen molar-refractivity contribution in [1.29, 1.82) is 0 Å². The van der Waals surface area contributed by atoms with E-state index in [1.807, 2.05) is 18.0 Å². The van der Waals surface area contributed by atoms with Crippen LogP contribution in [0.1, 0.15) is 24.8 Å². The van der Waals surface area contributed by atoms with Gasteiger partial charge in [-0.15, -0.1) is 0 Å². The van der Waals surface area contributed by atoms with Crippen LogP contribution < -0.4 is 4.90 Å². The molecule has 1 amide bonds. The number of ether oxygens (including phenoxy) is 1. The molecule has 130 valence electrons. The summed E-state index contributed by atoms with van der Waals surface area (Å²) in [6.07, 6.45) is 6.82. The number of pyridine rings is 1. The maximum atomic E-state index is 12.7.